The van der Waals surface area contributed by atoms with Crippen LogP contribution in [0.1, 0.15) is 38.9 Å². The molecular formula is C23H21BrN4O2. The minimum absolute atomic E-state index is 0.0281. The molecule has 0 spiro atoms. The fourth-order valence-corrected chi connectivity index (χ4v) is 4.56. The molecule has 4 aromatic rings. The van der Waals surface area contributed by atoms with Crippen LogP contribution in [0, 0.1) is 6.92 Å². The number of methoxy groups -OCH3 is 1. The predicted molar refractivity (Wildman–Crippen MR) is 119 cm³/mol. The number of halogens is 1. The van der Waals surface area contributed by atoms with Gasteiger partial charge in [0.2, 0.25) is 0 Å². The Morgan fingerprint density at radius 2 is 2.00 bits per heavy atom. The molecule has 0 unspecified atom stereocenters. The second kappa shape index (κ2) is 7.32. The molecule has 30 heavy (non-hydrogen) atoms. The molecule has 3 heterocycles. The highest BCUT2D eigenvalue weighted by atomic mass is 79.9. The Bertz CT molecular complexity index is 1240. The molecule has 0 bridgehead atoms. The van der Waals surface area contributed by atoms with Crippen LogP contribution in [0.25, 0.3) is 10.9 Å². The number of hydrogen-bond acceptors (Lipinski definition) is 3. The van der Waals surface area contributed by atoms with Crippen molar-refractivity contribution in [2.24, 2.45) is 0 Å². The highest BCUT2D eigenvalue weighted by Gasteiger charge is 2.41. The van der Waals surface area contributed by atoms with E-state index in [1.54, 1.807) is 7.11 Å². The zero-order valence-electron chi connectivity index (χ0n) is 16.7. The van der Waals surface area contributed by atoms with Crippen LogP contribution in [0.2, 0.25) is 0 Å². The van der Waals surface area contributed by atoms with Crippen LogP contribution in [-0.4, -0.2) is 39.6 Å². The maximum atomic E-state index is 13.2. The lowest BCUT2D eigenvalue weighted by Gasteiger charge is -2.26. The van der Waals surface area contributed by atoms with Gasteiger partial charge in [0.15, 0.2) is 5.69 Å². The minimum Gasteiger partial charge on any atom is -0.497 e. The van der Waals surface area contributed by atoms with Crippen LogP contribution in [0.4, 0.5) is 0 Å². The number of benzene rings is 2. The second-order valence-corrected chi connectivity index (χ2v) is 8.45. The van der Waals surface area contributed by atoms with Crippen LogP contribution in [0.15, 0.2) is 53.1 Å². The molecule has 152 valence electrons. The number of rotatable bonds is 5. The number of nitrogens with one attached hydrogen (secondary N) is 2. The molecular weight excluding hydrogens is 444 g/mol. The van der Waals surface area contributed by atoms with Crippen molar-refractivity contribution in [1.82, 2.24) is 20.1 Å². The largest absolute Gasteiger partial charge is 0.497 e. The maximum Gasteiger partial charge on any atom is 0.275 e. The number of hydrogen-bond donors (Lipinski definition) is 2. The van der Waals surface area contributed by atoms with E-state index in [0.29, 0.717) is 12.2 Å². The van der Waals surface area contributed by atoms with E-state index in [1.165, 1.54) is 0 Å². The first-order chi connectivity index (χ1) is 14.6. The molecule has 0 aliphatic carbocycles. The summed E-state index contributed by atoms with van der Waals surface area (Å²) in [6.45, 7) is 2.57. The summed E-state index contributed by atoms with van der Waals surface area (Å²) in [6.07, 6.45) is 2.75. The fourth-order valence-electron chi connectivity index (χ4n) is 4.30. The molecule has 6 nitrogen and oxygen atoms in total. The van der Waals surface area contributed by atoms with Crippen molar-refractivity contribution < 1.29 is 9.53 Å². The molecule has 0 saturated heterocycles. The van der Waals surface area contributed by atoms with Gasteiger partial charge in [0.05, 0.1) is 13.2 Å². The molecule has 5 rings (SSSR count). The van der Waals surface area contributed by atoms with Crippen LogP contribution in [0.3, 0.4) is 0 Å². The summed E-state index contributed by atoms with van der Waals surface area (Å²) in [6, 6.07) is 14.0. The molecule has 0 saturated carbocycles. The summed E-state index contributed by atoms with van der Waals surface area (Å²) in [7, 11) is 1.67. The van der Waals surface area contributed by atoms with Gasteiger partial charge in [-0.05, 0) is 54.8 Å². The molecule has 0 fully saturated rings. The van der Waals surface area contributed by atoms with Crippen LogP contribution < -0.4 is 4.74 Å². The van der Waals surface area contributed by atoms with E-state index in [-0.39, 0.29) is 11.9 Å². The van der Waals surface area contributed by atoms with E-state index in [2.05, 4.69) is 43.2 Å². The third kappa shape index (κ3) is 3.01. The van der Waals surface area contributed by atoms with Gasteiger partial charge in [-0.15, -0.1) is 0 Å². The number of aryl methyl sites for hydroxylation is 1. The quantitative estimate of drug-likeness (QED) is 0.447. The normalized spacial score (nSPS) is 15.8. The Morgan fingerprint density at radius 1 is 1.20 bits per heavy atom. The van der Waals surface area contributed by atoms with Crippen LogP contribution >= 0.6 is 15.9 Å². The smallest absolute Gasteiger partial charge is 0.275 e. The zero-order valence-corrected chi connectivity index (χ0v) is 18.3. The van der Waals surface area contributed by atoms with E-state index in [4.69, 9.17) is 4.74 Å². The van der Waals surface area contributed by atoms with Crippen molar-refractivity contribution >= 4 is 32.7 Å². The Hall–Kier alpha value is -3.06. The highest BCUT2D eigenvalue weighted by molar-refractivity contribution is 9.10. The van der Waals surface area contributed by atoms with E-state index in [1.807, 2.05) is 48.4 Å². The molecule has 1 aliphatic heterocycles. The molecule has 2 aromatic carbocycles. The van der Waals surface area contributed by atoms with Gasteiger partial charge in [-0.2, -0.15) is 5.10 Å². The molecule has 1 atom stereocenters. The summed E-state index contributed by atoms with van der Waals surface area (Å²) in [5.41, 5.74) is 5.74. The van der Waals surface area contributed by atoms with Crippen molar-refractivity contribution in [2.45, 2.75) is 19.4 Å². The van der Waals surface area contributed by atoms with Gasteiger partial charge >= 0.3 is 0 Å². The Morgan fingerprint density at radius 3 is 2.77 bits per heavy atom. The first-order valence-corrected chi connectivity index (χ1v) is 10.6. The van der Waals surface area contributed by atoms with Crippen molar-refractivity contribution in [3.05, 3.63) is 81.2 Å². The molecule has 7 heteroatoms. The minimum atomic E-state index is -0.140. The van der Waals surface area contributed by atoms with Crippen molar-refractivity contribution in [1.29, 1.82) is 0 Å². The predicted octanol–water partition coefficient (Wildman–Crippen LogP) is 4.76. The van der Waals surface area contributed by atoms with E-state index < -0.39 is 0 Å². The van der Waals surface area contributed by atoms with Gasteiger partial charge in [0, 0.05) is 39.4 Å². The average molecular weight is 465 g/mol. The van der Waals surface area contributed by atoms with E-state index >= 15 is 0 Å². The fraction of sp³-hybridized carbons (Fsp3) is 0.217. The lowest BCUT2D eigenvalue weighted by molar-refractivity contribution is 0.0745. The average Bonchev–Trinajstić information content (AvgIpc) is 3.41. The Balaban J connectivity index is 1.48. The molecule has 0 radical (unpaired) electrons. The summed E-state index contributed by atoms with van der Waals surface area (Å²) in [4.78, 5) is 18.4. The number of fused-ring (bicyclic) bond motifs is 2. The van der Waals surface area contributed by atoms with Crippen molar-refractivity contribution in [3.63, 3.8) is 0 Å². The first-order valence-electron chi connectivity index (χ1n) is 9.82. The Labute approximate surface area is 182 Å². The topological polar surface area (TPSA) is 74.0 Å². The third-order valence-electron chi connectivity index (χ3n) is 5.83. The highest BCUT2D eigenvalue weighted by Crippen LogP contribution is 2.39. The van der Waals surface area contributed by atoms with Gasteiger partial charge in [-0.3, -0.25) is 9.89 Å². The number of ether oxygens (including phenoxy) is 1. The van der Waals surface area contributed by atoms with Crippen LogP contribution in [0.5, 0.6) is 5.75 Å². The lowest BCUT2D eigenvalue weighted by Crippen LogP contribution is -2.31. The number of amides is 1. The summed E-state index contributed by atoms with van der Waals surface area (Å²) < 4.78 is 6.39. The number of H-pyrrole nitrogens is 2. The third-order valence-corrected chi connectivity index (χ3v) is 6.35. The second-order valence-electron chi connectivity index (χ2n) is 7.54. The Kier molecular flexibility index (Phi) is 4.62. The number of carbonyl (C=O) groups is 1. The monoisotopic (exact) mass is 464 g/mol. The standard InChI is InChI=1S/C23H21BrN4O2/c1-13-20-21(27-26-13)23(29)28(22(20)14-3-5-16(24)6-4-14)10-9-15-12-25-19-8-7-17(30-2)11-18(15)19/h3-8,11-12,22,25H,9-10H2,1-2H3,(H,26,27)/t22-/m1/s1. The number of aromatic nitrogens is 3. The molecule has 1 aliphatic rings. The summed E-state index contributed by atoms with van der Waals surface area (Å²) >= 11 is 3.50. The van der Waals surface area contributed by atoms with Gasteiger partial charge in [-0.1, -0.05) is 28.1 Å². The van der Waals surface area contributed by atoms with Gasteiger partial charge in [0.1, 0.15) is 5.75 Å². The molecule has 2 N–H and O–H groups in total. The van der Waals surface area contributed by atoms with Crippen molar-refractivity contribution in [2.75, 3.05) is 13.7 Å². The lowest BCUT2D eigenvalue weighted by atomic mass is 9.99. The zero-order chi connectivity index (χ0) is 20.8. The van der Waals surface area contributed by atoms with E-state index in [0.717, 1.165) is 49.9 Å². The molecule has 2 aromatic heterocycles. The SMILES string of the molecule is COc1ccc2[nH]cc(CCN3C(=O)c4n[nH]c(C)c4[C@H]3c3ccc(Br)cc3)c2c1. The van der Waals surface area contributed by atoms with Crippen LogP contribution in [-0.2, 0) is 6.42 Å². The maximum absolute atomic E-state index is 13.2. The summed E-state index contributed by atoms with van der Waals surface area (Å²) in [5.74, 6) is 0.795. The number of carbonyl (C=O) groups excluding carboxylic acids is 1. The number of nitrogens with zero attached hydrogens (tertiary/aromatic N) is 2. The van der Waals surface area contributed by atoms with Gasteiger partial charge in [0.25, 0.3) is 5.91 Å². The van der Waals surface area contributed by atoms with Gasteiger partial charge < -0.3 is 14.6 Å². The first kappa shape index (κ1) is 18.9. The number of aromatic amines is 2. The van der Waals surface area contributed by atoms with E-state index in [9.17, 15) is 4.79 Å². The van der Waals surface area contributed by atoms with Crippen molar-refractivity contribution in [3.8, 4) is 5.75 Å². The molecule has 1 amide bonds. The van der Waals surface area contributed by atoms with Gasteiger partial charge in [-0.25, -0.2) is 0 Å². The summed E-state index contributed by atoms with van der Waals surface area (Å²) in [5, 5.41) is 8.39.